The van der Waals surface area contributed by atoms with Crippen LogP contribution < -0.4 is 10.2 Å². The monoisotopic (exact) mass is 275 g/mol. The molecule has 0 amide bonds. The van der Waals surface area contributed by atoms with Crippen LogP contribution >= 0.6 is 0 Å². The van der Waals surface area contributed by atoms with Gasteiger partial charge in [0.15, 0.2) is 0 Å². The predicted octanol–water partition coefficient (Wildman–Crippen LogP) is 2.63. The third-order valence-corrected chi connectivity index (χ3v) is 4.32. The Balaban J connectivity index is 2.02. The summed E-state index contributed by atoms with van der Waals surface area (Å²) in [5.41, 5.74) is 4.20. The average Bonchev–Trinajstić information content (AvgIpc) is 2.43. The minimum Gasteiger partial charge on any atom is -0.368 e. The number of nitrogens with zero attached hydrogens (tertiary/aromatic N) is 2. The molecule has 1 N–H and O–H groups in total. The normalized spacial score (nSPS) is 20.4. The molecular formula is C17H29N3. The summed E-state index contributed by atoms with van der Waals surface area (Å²) >= 11 is 0. The Morgan fingerprint density at radius 3 is 2.75 bits per heavy atom. The number of aryl methyl sites for hydroxylation is 1. The molecule has 0 radical (unpaired) electrons. The topological polar surface area (TPSA) is 18.5 Å². The van der Waals surface area contributed by atoms with Crippen LogP contribution in [0.5, 0.6) is 0 Å². The van der Waals surface area contributed by atoms with Gasteiger partial charge in [0.25, 0.3) is 0 Å². The van der Waals surface area contributed by atoms with Gasteiger partial charge in [-0.15, -0.1) is 0 Å². The minimum absolute atomic E-state index is 0.633. The van der Waals surface area contributed by atoms with E-state index in [1.807, 2.05) is 0 Å². The van der Waals surface area contributed by atoms with Crippen molar-refractivity contribution in [2.75, 3.05) is 38.1 Å². The Bertz CT molecular complexity index is 430. The maximum atomic E-state index is 3.47. The summed E-state index contributed by atoms with van der Waals surface area (Å²) in [5, 5.41) is 3.47. The van der Waals surface area contributed by atoms with Crippen LogP contribution in [0.4, 0.5) is 5.69 Å². The van der Waals surface area contributed by atoms with E-state index in [1.165, 1.54) is 23.2 Å². The molecule has 1 aromatic rings. The van der Waals surface area contributed by atoms with Crippen molar-refractivity contribution in [3.63, 3.8) is 0 Å². The molecule has 3 nitrogen and oxygen atoms in total. The summed E-state index contributed by atoms with van der Waals surface area (Å²) in [6.45, 7) is 12.2. The lowest BCUT2D eigenvalue weighted by atomic mass is 10.1. The largest absolute Gasteiger partial charge is 0.368 e. The van der Waals surface area contributed by atoms with Crippen LogP contribution in [0, 0.1) is 6.92 Å². The zero-order chi connectivity index (χ0) is 14.5. The smallest absolute Gasteiger partial charge is 0.0397 e. The molecule has 0 bridgehead atoms. The van der Waals surface area contributed by atoms with Gasteiger partial charge in [-0.3, -0.25) is 0 Å². The first-order valence-corrected chi connectivity index (χ1v) is 7.87. The number of rotatable bonds is 5. The van der Waals surface area contributed by atoms with Crippen LogP contribution in [-0.2, 0) is 6.54 Å². The van der Waals surface area contributed by atoms with Gasteiger partial charge in [0.2, 0.25) is 0 Å². The Morgan fingerprint density at radius 1 is 1.30 bits per heavy atom. The highest BCUT2D eigenvalue weighted by Gasteiger charge is 2.21. The lowest BCUT2D eigenvalue weighted by Crippen LogP contribution is -2.50. The maximum Gasteiger partial charge on any atom is 0.0397 e. The Hall–Kier alpha value is -1.06. The fourth-order valence-electron chi connectivity index (χ4n) is 2.86. The van der Waals surface area contributed by atoms with Crippen LogP contribution in [0.2, 0.25) is 0 Å². The summed E-state index contributed by atoms with van der Waals surface area (Å²) in [6, 6.07) is 7.54. The first-order valence-electron chi connectivity index (χ1n) is 7.87. The van der Waals surface area contributed by atoms with Crippen molar-refractivity contribution in [2.24, 2.45) is 0 Å². The van der Waals surface area contributed by atoms with Crippen molar-refractivity contribution < 1.29 is 0 Å². The summed E-state index contributed by atoms with van der Waals surface area (Å²) in [5.74, 6) is 0. The second-order valence-corrected chi connectivity index (χ2v) is 6.07. The highest BCUT2D eigenvalue weighted by Crippen LogP contribution is 2.23. The second kappa shape index (κ2) is 7.09. The number of anilines is 1. The van der Waals surface area contributed by atoms with Gasteiger partial charge in [0.1, 0.15) is 0 Å². The lowest BCUT2D eigenvalue weighted by Gasteiger charge is -2.39. The Labute approximate surface area is 124 Å². The standard InChI is InChI=1S/C17H29N3/c1-5-8-18-12-16-6-7-17(14(2)11-16)20-10-9-19(4)15(3)13-20/h6-7,11,15,18H,5,8-10,12-13H2,1-4H3. The van der Waals surface area contributed by atoms with E-state index in [9.17, 15) is 0 Å². The number of benzene rings is 1. The lowest BCUT2D eigenvalue weighted by molar-refractivity contribution is 0.234. The second-order valence-electron chi connectivity index (χ2n) is 6.07. The molecule has 0 aliphatic carbocycles. The molecule has 1 heterocycles. The number of nitrogens with one attached hydrogen (secondary N) is 1. The van der Waals surface area contributed by atoms with E-state index < -0.39 is 0 Å². The summed E-state index contributed by atoms with van der Waals surface area (Å²) in [6.07, 6.45) is 1.19. The van der Waals surface area contributed by atoms with E-state index >= 15 is 0 Å². The van der Waals surface area contributed by atoms with Crippen molar-refractivity contribution in [3.05, 3.63) is 29.3 Å². The highest BCUT2D eigenvalue weighted by molar-refractivity contribution is 5.55. The zero-order valence-electron chi connectivity index (χ0n) is 13.4. The van der Waals surface area contributed by atoms with Gasteiger partial charge < -0.3 is 15.1 Å². The summed E-state index contributed by atoms with van der Waals surface area (Å²) in [4.78, 5) is 4.97. The molecule has 1 aliphatic rings. The number of piperazine rings is 1. The van der Waals surface area contributed by atoms with Gasteiger partial charge >= 0.3 is 0 Å². The molecule has 1 fully saturated rings. The zero-order valence-corrected chi connectivity index (χ0v) is 13.4. The molecule has 0 spiro atoms. The first kappa shape index (κ1) is 15.3. The summed E-state index contributed by atoms with van der Waals surface area (Å²) < 4.78 is 0. The average molecular weight is 275 g/mol. The number of hydrogen-bond acceptors (Lipinski definition) is 3. The fraction of sp³-hybridized carbons (Fsp3) is 0.647. The van der Waals surface area contributed by atoms with Gasteiger partial charge in [0.05, 0.1) is 0 Å². The highest BCUT2D eigenvalue weighted by atomic mass is 15.3. The van der Waals surface area contributed by atoms with Crippen LogP contribution in [0.1, 0.15) is 31.4 Å². The van der Waals surface area contributed by atoms with Gasteiger partial charge in [-0.25, -0.2) is 0 Å². The fourth-order valence-corrected chi connectivity index (χ4v) is 2.86. The third-order valence-electron chi connectivity index (χ3n) is 4.32. The molecule has 20 heavy (non-hydrogen) atoms. The molecule has 1 atom stereocenters. The Morgan fingerprint density at radius 2 is 2.10 bits per heavy atom. The van der Waals surface area contributed by atoms with Gasteiger partial charge in [0, 0.05) is 37.9 Å². The van der Waals surface area contributed by atoms with E-state index in [2.05, 4.69) is 61.1 Å². The molecule has 0 aromatic heterocycles. The first-order chi connectivity index (χ1) is 9.61. The van der Waals surface area contributed by atoms with Crippen molar-refractivity contribution in [3.8, 4) is 0 Å². The van der Waals surface area contributed by atoms with E-state index in [4.69, 9.17) is 0 Å². The molecule has 1 aliphatic heterocycles. The van der Waals surface area contributed by atoms with Crippen LogP contribution in [0.25, 0.3) is 0 Å². The SMILES string of the molecule is CCCNCc1ccc(N2CCN(C)C(C)C2)c(C)c1. The van der Waals surface area contributed by atoms with Crippen molar-refractivity contribution in [1.82, 2.24) is 10.2 Å². The van der Waals surface area contributed by atoms with Gasteiger partial charge in [-0.05, 0) is 51.1 Å². The van der Waals surface area contributed by atoms with E-state index in [0.29, 0.717) is 6.04 Å². The predicted molar refractivity (Wildman–Crippen MR) is 87.5 cm³/mol. The molecule has 1 saturated heterocycles. The minimum atomic E-state index is 0.633. The third kappa shape index (κ3) is 3.74. The number of hydrogen-bond donors (Lipinski definition) is 1. The molecule has 1 aromatic carbocycles. The van der Waals surface area contributed by atoms with Gasteiger partial charge in [-0.2, -0.15) is 0 Å². The van der Waals surface area contributed by atoms with Crippen LogP contribution in [0.3, 0.4) is 0 Å². The van der Waals surface area contributed by atoms with Crippen LogP contribution in [0.15, 0.2) is 18.2 Å². The van der Waals surface area contributed by atoms with Gasteiger partial charge in [-0.1, -0.05) is 19.1 Å². The molecule has 0 saturated carbocycles. The van der Waals surface area contributed by atoms with Crippen molar-refractivity contribution >= 4 is 5.69 Å². The number of likely N-dealkylation sites (N-methyl/N-ethyl adjacent to an activating group) is 1. The van der Waals surface area contributed by atoms with E-state index in [-0.39, 0.29) is 0 Å². The molecule has 3 heteroatoms. The molecular weight excluding hydrogens is 246 g/mol. The van der Waals surface area contributed by atoms with E-state index in [1.54, 1.807) is 0 Å². The van der Waals surface area contributed by atoms with Crippen LogP contribution in [-0.4, -0.2) is 44.2 Å². The Kier molecular flexibility index (Phi) is 5.44. The van der Waals surface area contributed by atoms with E-state index in [0.717, 1.165) is 32.7 Å². The molecule has 1 unspecified atom stereocenters. The molecule has 112 valence electrons. The van der Waals surface area contributed by atoms with Crippen molar-refractivity contribution in [2.45, 2.75) is 39.8 Å². The summed E-state index contributed by atoms with van der Waals surface area (Å²) in [7, 11) is 2.22. The quantitative estimate of drug-likeness (QED) is 0.834. The van der Waals surface area contributed by atoms with Crippen molar-refractivity contribution in [1.29, 1.82) is 0 Å². The maximum absolute atomic E-state index is 3.47. The molecule has 2 rings (SSSR count).